The maximum absolute atomic E-state index is 12.2. The Morgan fingerprint density at radius 3 is 2.68 bits per heavy atom. The van der Waals surface area contributed by atoms with E-state index in [-0.39, 0.29) is 5.78 Å². The Morgan fingerprint density at radius 2 is 1.95 bits per heavy atom. The molecule has 2 N–H and O–H groups in total. The predicted octanol–water partition coefficient (Wildman–Crippen LogP) is 1.47. The van der Waals surface area contributed by atoms with Crippen LogP contribution in [0, 0.1) is 0 Å². The molecule has 2 aromatic rings. The van der Waals surface area contributed by atoms with E-state index in [0.717, 1.165) is 0 Å². The number of rotatable bonds is 0. The molecule has 1 atom stereocenters. The van der Waals surface area contributed by atoms with Gasteiger partial charge < -0.3 is 14.9 Å². The van der Waals surface area contributed by atoms with Crippen LogP contribution in [0.2, 0.25) is 0 Å². The molecule has 0 fully saturated rings. The molecular formula is C14H13NO4. The molecule has 0 bridgehead atoms. The van der Waals surface area contributed by atoms with E-state index in [0.29, 0.717) is 22.3 Å². The van der Waals surface area contributed by atoms with Crippen molar-refractivity contribution in [3.05, 3.63) is 40.2 Å². The monoisotopic (exact) mass is 259 g/mol. The van der Waals surface area contributed by atoms with Gasteiger partial charge in [-0.3, -0.25) is 4.79 Å². The van der Waals surface area contributed by atoms with E-state index in [4.69, 9.17) is 14.9 Å². The lowest BCUT2D eigenvalue weighted by atomic mass is 9.88. The van der Waals surface area contributed by atoms with Crippen LogP contribution in [0.1, 0.15) is 24.2 Å². The van der Waals surface area contributed by atoms with Crippen molar-refractivity contribution in [2.75, 3.05) is 0 Å². The second-order valence-corrected chi connectivity index (χ2v) is 5.19. The number of hydrogen-bond acceptors (Lipinski definition) is 5. The summed E-state index contributed by atoms with van der Waals surface area (Å²) in [6, 6.07) is 5.42. The molecule has 0 aliphatic carbocycles. The first kappa shape index (κ1) is 11.9. The highest BCUT2D eigenvalue weighted by molar-refractivity contribution is 6.06. The van der Waals surface area contributed by atoms with E-state index in [2.05, 4.69) is 0 Å². The maximum Gasteiger partial charge on any atom is 0.336 e. The third kappa shape index (κ3) is 1.74. The molecule has 19 heavy (non-hydrogen) atoms. The number of ketones is 1. The molecule has 0 saturated heterocycles. The molecule has 3 rings (SSSR count). The molecule has 98 valence electrons. The van der Waals surface area contributed by atoms with Crippen molar-refractivity contribution in [2.45, 2.75) is 25.5 Å². The maximum atomic E-state index is 12.2. The zero-order valence-electron chi connectivity index (χ0n) is 10.6. The summed E-state index contributed by atoms with van der Waals surface area (Å²) in [5.41, 5.74) is 5.48. The van der Waals surface area contributed by atoms with Crippen molar-refractivity contribution in [3.8, 4) is 5.75 Å². The van der Waals surface area contributed by atoms with Crippen molar-refractivity contribution in [2.24, 2.45) is 5.73 Å². The zero-order chi connectivity index (χ0) is 13.8. The van der Waals surface area contributed by atoms with Crippen LogP contribution in [-0.4, -0.2) is 17.4 Å². The molecule has 5 heteroatoms. The lowest BCUT2D eigenvalue weighted by Crippen LogP contribution is -2.55. The van der Waals surface area contributed by atoms with Crippen molar-refractivity contribution in [1.82, 2.24) is 0 Å². The molecular weight excluding hydrogens is 246 g/mol. The van der Waals surface area contributed by atoms with Gasteiger partial charge in [0.1, 0.15) is 23.0 Å². The Morgan fingerprint density at radius 1 is 1.21 bits per heavy atom. The summed E-state index contributed by atoms with van der Waals surface area (Å²) in [6.45, 7) is 3.51. The molecule has 1 unspecified atom stereocenters. The number of ether oxygens (including phenoxy) is 1. The highest BCUT2D eigenvalue weighted by Gasteiger charge is 2.40. The minimum Gasteiger partial charge on any atom is -0.485 e. The van der Waals surface area contributed by atoms with Crippen LogP contribution < -0.4 is 16.1 Å². The first-order chi connectivity index (χ1) is 8.88. The van der Waals surface area contributed by atoms with Gasteiger partial charge in [0.2, 0.25) is 0 Å². The fourth-order valence-electron chi connectivity index (χ4n) is 2.20. The molecule has 0 radical (unpaired) electrons. The van der Waals surface area contributed by atoms with Gasteiger partial charge in [-0.25, -0.2) is 4.79 Å². The van der Waals surface area contributed by atoms with Crippen LogP contribution in [0.4, 0.5) is 0 Å². The van der Waals surface area contributed by atoms with Crippen molar-refractivity contribution in [3.63, 3.8) is 0 Å². The van der Waals surface area contributed by atoms with E-state index in [1.165, 1.54) is 6.07 Å². The largest absolute Gasteiger partial charge is 0.485 e. The first-order valence-corrected chi connectivity index (χ1v) is 5.95. The Balaban J connectivity index is 2.28. The number of fused-ring (bicyclic) bond motifs is 2. The van der Waals surface area contributed by atoms with Crippen LogP contribution in [0.15, 0.2) is 33.5 Å². The number of nitrogens with two attached hydrogens (primary N) is 1. The average molecular weight is 259 g/mol. The molecule has 0 saturated carbocycles. The van der Waals surface area contributed by atoms with Crippen LogP contribution in [0.3, 0.4) is 0 Å². The number of Topliss-reactive ketones (excluding diaryl/α,β-unsaturated/α-hetero) is 1. The third-order valence-electron chi connectivity index (χ3n) is 3.39. The van der Waals surface area contributed by atoms with Gasteiger partial charge in [-0.1, -0.05) is 0 Å². The van der Waals surface area contributed by atoms with Crippen LogP contribution in [-0.2, 0) is 0 Å². The van der Waals surface area contributed by atoms with Crippen LogP contribution in [0.25, 0.3) is 11.0 Å². The molecule has 5 nitrogen and oxygen atoms in total. The van der Waals surface area contributed by atoms with Gasteiger partial charge in [-0.05, 0) is 26.0 Å². The normalized spacial score (nSPS) is 21.0. The standard InChI is InChI=1S/C14H13NO4/c1-14(2)13(15)12(17)8-5-7-3-4-11(16)18-9(7)6-10(8)19-14/h3-6,13H,15H2,1-2H3. The summed E-state index contributed by atoms with van der Waals surface area (Å²) >= 11 is 0. The van der Waals surface area contributed by atoms with E-state index < -0.39 is 17.3 Å². The smallest absolute Gasteiger partial charge is 0.336 e. The number of hydrogen-bond donors (Lipinski definition) is 1. The molecule has 1 aliphatic rings. The second kappa shape index (κ2) is 3.68. The Kier molecular flexibility index (Phi) is 2.31. The summed E-state index contributed by atoms with van der Waals surface area (Å²) in [5, 5.41) is 0.669. The highest BCUT2D eigenvalue weighted by Crippen LogP contribution is 2.35. The van der Waals surface area contributed by atoms with Gasteiger partial charge in [0.15, 0.2) is 5.78 Å². The molecule has 1 aliphatic heterocycles. The zero-order valence-corrected chi connectivity index (χ0v) is 10.6. The lowest BCUT2D eigenvalue weighted by Gasteiger charge is -2.36. The number of benzene rings is 1. The SMILES string of the molecule is CC1(C)Oc2cc3oc(=O)ccc3cc2C(=O)C1N. The van der Waals surface area contributed by atoms with Crippen molar-refractivity contribution < 1.29 is 13.9 Å². The van der Waals surface area contributed by atoms with Gasteiger partial charge >= 0.3 is 5.63 Å². The Hall–Kier alpha value is -2.14. The number of carbonyl (C=O) groups is 1. The topological polar surface area (TPSA) is 82.5 Å². The van der Waals surface area contributed by atoms with E-state index in [9.17, 15) is 9.59 Å². The molecule has 1 aromatic carbocycles. The summed E-state index contributed by atoms with van der Waals surface area (Å²) in [7, 11) is 0. The van der Waals surface area contributed by atoms with Gasteiger partial charge in [0.25, 0.3) is 0 Å². The van der Waals surface area contributed by atoms with Crippen LogP contribution >= 0.6 is 0 Å². The van der Waals surface area contributed by atoms with Gasteiger partial charge in [0.05, 0.1) is 5.56 Å². The van der Waals surface area contributed by atoms with Gasteiger partial charge in [-0.15, -0.1) is 0 Å². The Bertz CT molecular complexity index is 745. The summed E-state index contributed by atoms with van der Waals surface area (Å²) in [6.07, 6.45) is 0. The lowest BCUT2D eigenvalue weighted by molar-refractivity contribution is 0.0501. The van der Waals surface area contributed by atoms with E-state index >= 15 is 0 Å². The summed E-state index contributed by atoms with van der Waals surface area (Å²) < 4.78 is 10.8. The molecule has 2 heterocycles. The summed E-state index contributed by atoms with van der Waals surface area (Å²) in [4.78, 5) is 23.4. The summed E-state index contributed by atoms with van der Waals surface area (Å²) in [5.74, 6) is 0.234. The molecule has 1 aromatic heterocycles. The molecule has 0 amide bonds. The van der Waals surface area contributed by atoms with Crippen LogP contribution in [0.5, 0.6) is 5.75 Å². The second-order valence-electron chi connectivity index (χ2n) is 5.19. The molecule has 0 spiro atoms. The predicted molar refractivity (Wildman–Crippen MR) is 69.5 cm³/mol. The Labute approximate surface area is 109 Å². The highest BCUT2D eigenvalue weighted by atomic mass is 16.5. The van der Waals surface area contributed by atoms with E-state index in [1.54, 1.807) is 32.0 Å². The van der Waals surface area contributed by atoms with Crippen molar-refractivity contribution in [1.29, 1.82) is 0 Å². The minimum absolute atomic E-state index is 0.167. The number of carbonyl (C=O) groups excluding carboxylic acids is 1. The fourth-order valence-corrected chi connectivity index (χ4v) is 2.20. The van der Waals surface area contributed by atoms with E-state index in [1.807, 2.05) is 0 Å². The average Bonchev–Trinajstić information content (AvgIpc) is 2.34. The fraction of sp³-hybridized carbons (Fsp3) is 0.286. The van der Waals surface area contributed by atoms with Crippen molar-refractivity contribution >= 4 is 16.8 Å². The van der Waals surface area contributed by atoms with Gasteiger partial charge in [0, 0.05) is 17.5 Å². The minimum atomic E-state index is -0.785. The third-order valence-corrected chi connectivity index (χ3v) is 3.39. The first-order valence-electron chi connectivity index (χ1n) is 5.95. The quantitative estimate of drug-likeness (QED) is 0.724. The van der Waals surface area contributed by atoms with Gasteiger partial charge in [-0.2, -0.15) is 0 Å².